The van der Waals surface area contributed by atoms with Crippen LogP contribution in [0.15, 0.2) is 60.9 Å². The molecule has 0 saturated carbocycles. The molecular weight excluding hydrogens is 631 g/mol. The van der Waals surface area contributed by atoms with Gasteiger partial charge in [0.1, 0.15) is 5.69 Å². The zero-order chi connectivity index (χ0) is 31.9. The van der Waals surface area contributed by atoms with Gasteiger partial charge in [0.2, 0.25) is 16.0 Å². The van der Waals surface area contributed by atoms with Gasteiger partial charge >= 0.3 is 0 Å². The highest BCUT2D eigenvalue weighted by Crippen LogP contribution is 2.35. The normalized spacial score (nSPS) is 16.9. The Morgan fingerprint density at radius 2 is 1.82 bits per heavy atom. The highest BCUT2D eigenvalue weighted by molar-refractivity contribution is 7.88. The summed E-state index contributed by atoms with van der Waals surface area (Å²) in [5, 5.41) is 4.46. The Hall–Kier alpha value is -3.44. The summed E-state index contributed by atoms with van der Waals surface area (Å²) in [6.07, 6.45) is 7.29. The Balaban J connectivity index is 1.19. The fourth-order valence-corrected chi connectivity index (χ4v) is 7.75. The zero-order valence-electron chi connectivity index (χ0n) is 25.5. The topological polar surface area (TPSA) is 100 Å². The van der Waals surface area contributed by atoms with Gasteiger partial charge in [-0.25, -0.2) is 22.7 Å². The number of halogens is 2. The number of aromatic nitrogens is 3. The first-order valence-corrected chi connectivity index (χ1v) is 17.7. The standard InChI is InChI=1S/C33H36Cl2N6O3S/c1-4-29(24-6-5-7-26(34)16-24)41-15-14-39-20-25(18-30(39)32(41)42)31-21(2)19-36-33(38-31)37-28-9-8-23(17-27(28)35)22-10-12-40(13-11-22)45(3,43)44/h5-9,16-20,22,29H,4,10-15H2,1-3H3,(H,36,37,38)/t29-/m1/s1. The second-order valence-electron chi connectivity index (χ2n) is 11.8. The fourth-order valence-electron chi connectivity index (χ4n) is 6.44. The van der Waals surface area contributed by atoms with Crippen molar-refractivity contribution in [3.8, 4) is 11.3 Å². The summed E-state index contributed by atoms with van der Waals surface area (Å²) >= 11 is 13.0. The minimum Gasteiger partial charge on any atom is -0.341 e. The third-order valence-electron chi connectivity index (χ3n) is 8.83. The molecule has 9 nitrogen and oxygen atoms in total. The van der Waals surface area contributed by atoms with Gasteiger partial charge in [-0.15, -0.1) is 0 Å². The second-order valence-corrected chi connectivity index (χ2v) is 14.6. The summed E-state index contributed by atoms with van der Waals surface area (Å²) in [5.41, 5.74) is 5.90. The maximum Gasteiger partial charge on any atom is 0.271 e. The molecule has 1 N–H and O–H groups in total. The number of fused-ring (bicyclic) bond motifs is 1. The average Bonchev–Trinajstić information content (AvgIpc) is 3.45. The minimum absolute atomic E-state index is 0.0155. The third kappa shape index (κ3) is 6.60. The van der Waals surface area contributed by atoms with E-state index < -0.39 is 10.0 Å². The van der Waals surface area contributed by atoms with E-state index in [1.54, 1.807) is 6.20 Å². The van der Waals surface area contributed by atoms with E-state index in [0.29, 0.717) is 53.6 Å². The largest absolute Gasteiger partial charge is 0.341 e. The number of amides is 1. The average molecular weight is 668 g/mol. The molecule has 2 aliphatic heterocycles. The van der Waals surface area contributed by atoms with Gasteiger partial charge in [0.15, 0.2) is 0 Å². The summed E-state index contributed by atoms with van der Waals surface area (Å²) < 4.78 is 27.3. The van der Waals surface area contributed by atoms with Crippen molar-refractivity contribution in [2.45, 2.75) is 51.6 Å². The van der Waals surface area contributed by atoms with Crippen molar-refractivity contribution in [1.82, 2.24) is 23.7 Å². The summed E-state index contributed by atoms with van der Waals surface area (Å²) in [5.74, 6) is 0.628. The Kier molecular flexibility index (Phi) is 8.94. The van der Waals surface area contributed by atoms with E-state index in [-0.39, 0.29) is 17.9 Å². The lowest BCUT2D eigenvalue weighted by Crippen LogP contribution is -2.42. The lowest BCUT2D eigenvalue weighted by atomic mass is 9.90. The monoisotopic (exact) mass is 666 g/mol. The summed E-state index contributed by atoms with van der Waals surface area (Å²) in [4.78, 5) is 25.0. The first-order valence-electron chi connectivity index (χ1n) is 15.1. The highest BCUT2D eigenvalue weighted by atomic mass is 35.5. The molecule has 4 heterocycles. The third-order valence-corrected chi connectivity index (χ3v) is 10.7. The minimum atomic E-state index is -3.17. The smallest absolute Gasteiger partial charge is 0.271 e. The van der Waals surface area contributed by atoms with Crippen molar-refractivity contribution in [3.05, 3.63) is 93.4 Å². The Morgan fingerprint density at radius 3 is 2.51 bits per heavy atom. The van der Waals surface area contributed by atoms with Gasteiger partial charge in [-0.2, -0.15) is 0 Å². The number of sulfonamides is 1. The molecule has 1 fully saturated rings. The van der Waals surface area contributed by atoms with Crippen molar-refractivity contribution in [3.63, 3.8) is 0 Å². The Bertz CT molecular complexity index is 1850. The molecule has 236 valence electrons. The lowest BCUT2D eigenvalue weighted by Gasteiger charge is -2.35. The zero-order valence-corrected chi connectivity index (χ0v) is 27.8. The van der Waals surface area contributed by atoms with Crippen molar-refractivity contribution in [2.24, 2.45) is 0 Å². The van der Waals surface area contributed by atoms with Crippen molar-refractivity contribution in [1.29, 1.82) is 0 Å². The van der Waals surface area contributed by atoms with Crippen molar-refractivity contribution in [2.75, 3.05) is 31.2 Å². The number of carbonyl (C=O) groups excluding carboxylic acids is 1. The molecule has 2 aliphatic rings. The van der Waals surface area contributed by atoms with Gasteiger partial charge in [0.05, 0.1) is 28.7 Å². The van der Waals surface area contributed by atoms with E-state index in [0.717, 1.165) is 47.2 Å². The van der Waals surface area contributed by atoms with E-state index in [1.807, 2.05) is 71.1 Å². The van der Waals surface area contributed by atoms with Crippen LogP contribution < -0.4 is 5.32 Å². The van der Waals surface area contributed by atoms with Crippen LogP contribution in [0.3, 0.4) is 0 Å². The van der Waals surface area contributed by atoms with Gasteiger partial charge in [-0.1, -0.05) is 48.3 Å². The predicted molar refractivity (Wildman–Crippen MR) is 179 cm³/mol. The maximum absolute atomic E-state index is 13.7. The lowest BCUT2D eigenvalue weighted by molar-refractivity contribution is 0.0610. The number of benzene rings is 2. The molecule has 1 saturated heterocycles. The highest BCUT2D eigenvalue weighted by Gasteiger charge is 2.31. The molecule has 12 heteroatoms. The number of anilines is 2. The Morgan fingerprint density at radius 1 is 1.04 bits per heavy atom. The molecule has 2 aromatic heterocycles. The van der Waals surface area contributed by atoms with Crippen LogP contribution in [-0.2, 0) is 16.6 Å². The van der Waals surface area contributed by atoms with Crippen LogP contribution in [0.2, 0.25) is 10.0 Å². The number of piperidine rings is 1. The maximum atomic E-state index is 13.7. The van der Waals surface area contributed by atoms with Gasteiger partial charge in [-0.3, -0.25) is 4.79 Å². The van der Waals surface area contributed by atoms with E-state index in [9.17, 15) is 13.2 Å². The van der Waals surface area contributed by atoms with Crippen LogP contribution in [0.4, 0.5) is 11.6 Å². The number of nitrogens with one attached hydrogen (secondary N) is 1. The number of carbonyl (C=O) groups is 1. The molecule has 1 amide bonds. The van der Waals surface area contributed by atoms with Gasteiger partial charge in [0, 0.05) is 49.2 Å². The molecule has 1 atom stereocenters. The summed E-state index contributed by atoms with van der Waals surface area (Å²) in [6.45, 7) is 6.34. The van der Waals surface area contributed by atoms with E-state index >= 15 is 0 Å². The van der Waals surface area contributed by atoms with Crippen molar-refractivity contribution < 1.29 is 13.2 Å². The first-order chi connectivity index (χ1) is 21.5. The van der Waals surface area contributed by atoms with E-state index in [4.69, 9.17) is 28.2 Å². The fraction of sp³-hybridized carbons (Fsp3) is 0.364. The molecule has 0 unspecified atom stereocenters. The summed E-state index contributed by atoms with van der Waals surface area (Å²) in [7, 11) is -3.17. The molecule has 0 bridgehead atoms. The van der Waals surface area contributed by atoms with Gasteiger partial charge in [0.25, 0.3) is 5.91 Å². The van der Waals surface area contributed by atoms with Crippen LogP contribution in [0, 0.1) is 6.92 Å². The number of hydrogen-bond donors (Lipinski definition) is 1. The number of hydrogen-bond acceptors (Lipinski definition) is 6. The first kappa shape index (κ1) is 31.5. The van der Waals surface area contributed by atoms with Crippen LogP contribution in [0.1, 0.15) is 65.3 Å². The molecule has 0 spiro atoms. The Labute approximate surface area is 274 Å². The van der Waals surface area contributed by atoms with Crippen LogP contribution in [0.25, 0.3) is 11.3 Å². The second kappa shape index (κ2) is 12.7. The van der Waals surface area contributed by atoms with Crippen LogP contribution in [-0.4, -0.2) is 64.0 Å². The molecular formula is C33H36Cl2N6O3S. The quantitative estimate of drug-likeness (QED) is 0.216. The molecule has 0 aliphatic carbocycles. The molecule has 2 aromatic carbocycles. The summed E-state index contributed by atoms with van der Waals surface area (Å²) in [6, 6.07) is 15.5. The molecule has 6 rings (SSSR count). The molecule has 45 heavy (non-hydrogen) atoms. The molecule has 0 radical (unpaired) electrons. The predicted octanol–water partition coefficient (Wildman–Crippen LogP) is 7.05. The SMILES string of the molecule is CC[C@H](c1cccc(Cl)c1)N1CCn2cc(-c3nc(Nc4ccc(C5CCN(S(C)(=O)=O)CC5)cc4Cl)ncc3C)cc2C1=O. The van der Waals surface area contributed by atoms with Gasteiger partial charge in [-0.05, 0) is 79.1 Å². The van der Waals surface area contributed by atoms with Gasteiger partial charge < -0.3 is 14.8 Å². The van der Waals surface area contributed by atoms with E-state index in [2.05, 4.69) is 17.2 Å². The number of nitrogens with zero attached hydrogens (tertiary/aromatic N) is 5. The molecule has 4 aromatic rings. The number of rotatable bonds is 8. The van der Waals surface area contributed by atoms with Crippen LogP contribution in [0.5, 0.6) is 0 Å². The van der Waals surface area contributed by atoms with E-state index in [1.165, 1.54) is 10.6 Å². The van der Waals surface area contributed by atoms with Crippen LogP contribution >= 0.6 is 23.2 Å². The van der Waals surface area contributed by atoms with Crippen molar-refractivity contribution >= 4 is 50.8 Å². The number of aryl methyl sites for hydroxylation is 1.